The summed E-state index contributed by atoms with van der Waals surface area (Å²) in [6.07, 6.45) is 5.72. The van der Waals surface area contributed by atoms with E-state index in [0.29, 0.717) is 6.42 Å². The van der Waals surface area contributed by atoms with Gasteiger partial charge in [0.15, 0.2) is 0 Å². The van der Waals surface area contributed by atoms with Gasteiger partial charge in [-0.15, -0.1) is 0 Å². The molecule has 3 amide bonds. The van der Waals surface area contributed by atoms with Crippen LogP contribution in [0.3, 0.4) is 0 Å². The fourth-order valence-corrected chi connectivity index (χ4v) is 1.39. The smallest absolute Gasteiger partial charge is 0.277 e. The summed E-state index contributed by atoms with van der Waals surface area (Å²) in [6, 6.07) is -0.462. The molecule has 0 unspecified atom stereocenters. The van der Waals surface area contributed by atoms with Crippen LogP contribution in [0.25, 0.3) is 0 Å². The van der Waals surface area contributed by atoms with Crippen molar-refractivity contribution in [2.45, 2.75) is 38.5 Å². The van der Waals surface area contributed by atoms with Crippen LogP contribution in [0.1, 0.15) is 38.5 Å². The predicted octanol–water partition coefficient (Wildman–Crippen LogP) is 0.671. The lowest BCUT2D eigenvalue weighted by Gasteiger charge is -2.09. The number of imide groups is 1. The number of hydrazine groups is 1. The third kappa shape index (κ3) is 4.81. The van der Waals surface area contributed by atoms with Crippen LogP contribution in [-0.2, 0) is 4.79 Å². The Morgan fingerprint density at radius 3 is 2.50 bits per heavy atom. The van der Waals surface area contributed by atoms with Gasteiger partial charge in [-0.2, -0.15) is 0 Å². The molecule has 0 atom stereocenters. The highest BCUT2D eigenvalue weighted by Crippen LogP contribution is 2.04. The number of nitrogens with one attached hydrogen (secondary N) is 3. The first-order valence-electron chi connectivity index (χ1n) is 5.12. The summed E-state index contributed by atoms with van der Waals surface area (Å²) in [4.78, 5) is 22.1. The van der Waals surface area contributed by atoms with Gasteiger partial charge in [-0.25, -0.2) is 10.2 Å². The molecule has 0 bridgehead atoms. The lowest BCUT2D eigenvalue weighted by atomic mass is 10.1. The first-order chi connectivity index (χ1) is 6.79. The van der Waals surface area contributed by atoms with E-state index in [9.17, 15) is 9.59 Å². The number of urea groups is 1. The lowest BCUT2D eigenvalue weighted by Crippen LogP contribution is -2.46. The zero-order valence-corrected chi connectivity index (χ0v) is 8.27. The van der Waals surface area contributed by atoms with E-state index in [2.05, 4.69) is 16.2 Å². The molecule has 5 nitrogen and oxygen atoms in total. The van der Waals surface area contributed by atoms with E-state index in [0.717, 1.165) is 38.6 Å². The molecule has 3 N–H and O–H groups in total. The maximum Gasteiger partial charge on any atom is 0.335 e. The predicted molar refractivity (Wildman–Crippen MR) is 52.4 cm³/mol. The number of carbonyl (C=O) groups is 2. The molecule has 0 spiro atoms. The van der Waals surface area contributed by atoms with Crippen molar-refractivity contribution in [1.82, 2.24) is 16.2 Å². The van der Waals surface area contributed by atoms with Crippen molar-refractivity contribution >= 4 is 11.9 Å². The molecule has 1 aliphatic rings. The third-order valence-electron chi connectivity index (χ3n) is 2.16. The highest BCUT2D eigenvalue weighted by Gasteiger charge is 2.07. The molecule has 0 aromatic heterocycles. The summed E-state index contributed by atoms with van der Waals surface area (Å²) < 4.78 is 0. The monoisotopic (exact) mass is 199 g/mol. The van der Waals surface area contributed by atoms with Crippen LogP contribution in [-0.4, -0.2) is 18.5 Å². The van der Waals surface area contributed by atoms with Gasteiger partial charge in [-0.1, -0.05) is 19.3 Å². The van der Waals surface area contributed by atoms with Crippen LogP contribution in [0.15, 0.2) is 0 Å². The minimum absolute atomic E-state index is 0.204. The number of amides is 3. The van der Waals surface area contributed by atoms with Crippen molar-refractivity contribution in [2.75, 3.05) is 6.54 Å². The van der Waals surface area contributed by atoms with Gasteiger partial charge in [0.1, 0.15) is 0 Å². The molecule has 1 fully saturated rings. The molecule has 1 saturated heterocycles. The van der Waals surface area contributed by atoms with Crippen molar-refractivity contribution in [3.05, 3.63) is 0 Å². The Morgan fingerprint density at radius 1 is 0.929 bits per heavy atom. The standard InChI is InChI=1S/C9H17N3O2/c13-8-6-4-2-1-3-5-7-10-12-9(14)11-8/h10H,1-7H2,(H2,11,12,13,14). The summed E-state index contributed by atoms with van der Waals surface area (Å²) >= 11 is 0. The van der Waals surface area contributed by atoms with E-state index < -0.39 is 6.03 Å². The van der Waals surface area contributed by atoms with Crippen LogP contribution in [0, 0.1) is 0 Å². The van der Waals surface area contributed by atoms with Crippen LogP contribution in [0.5, 0.6) is 0 Å². The van der Waals surface area contributed by atoms with Crippen molar-refractivity contribution in [3.63, 3.8) is 0 Å². The van der Waals surface area contributed by atoms with Crippen LogP contribution >= 0.6 is 0 Å². The third-order valence-corrected chi connectivity index (χ3v) is 2.16. The number of hydrogen-bond acceptors (Lipinski definition) is 3. The minimum Gasteiger partial charge on any atom is -0.277 e. The summed E-state index contributed by atoms with van der Waals surface area (Å²) in [5.41, 5.74) is 5.17. The maximum absolute atomic E-state index is 11.1. The van der Waals surface area contributed by atoms with E-state index in [-0.39, 0.29) is 5.91 Å². The number of carbonyl (C=O) groups excluding carboxylic acids is 2. The fraction of sp³-hybridized carbons (Fsp3) is 0.778. The molecule has 0 aromatic rings. The highest BCUT2D eigenvalue weighted by molar-refractivity contribution is 5.93. The number of hydrogen-bond donors (Lipinski definition) is 3. The van der Waals surface area contributed by atoms with Crippen molar-refractivity contribution < 1.29 is 9.59 Å². The first-order valence-corrected chi connectivity index (χ1v) is 5.12. The molecule has 5 heteroatoms. The van der Waals surface area contributed by atoms with E-state index in [4.69, 9.17) is 0 Å². The van der Waals surface area contributed by atoms with Crippen LogP contribution in [0.2, 0.25) is 0 Å². The van der Waals surface area contributed by atoms with E-state index in [1.54, 1.807) is 0 Å². The maximum atomic E-state index is 11.1. The molecule has 0 aliphatic carbocycles. The van der Waals surface area contributed by atoms with E-state index >= 15 is 0 Å². The Balaban J connectivity index is 2.30. The van der Waals surface area contributed by atoms with Gasteiger partial charge >= 0.3 is 6.03 Å². The second-order valence-electron chi connectivity index (χ2n) is 3.45. The van der Waals surface area contributed by atoms with Gasteiger partial charge in [-0.05, 0) is 12.8 Å². The molecule has 1 aliphatic heterocycles. The zero-order chi connectivity index (χ0) is 10.2. The Kier molecular flexibility index (Phi) is 4.99. The molecule has 0 aromatic carbocycles. The first kappa shape index (κ1) is 11.0. The summed E-state index contributed by atoms with van der Waals surface area (Å²) in [5.74, 6) is -0.204. The highest BCUT2D eigenvalue weighted by atomic mass is 16.2. The molecule has 80 valence electrons. The van der Waals surface area contributed by atoms with Gasteiger partial charge in [0, 0.05) is 13.0 Å². The molecule has 0 saturated carbocycles. The summed E-state index contributed by atoms with van der Waals surface area (Å²) in [6.45, 7) is 0.752. The molecule has 1 rings (SSSR count). The Hall–Kier alpha value is -1.10. The van der Waals surface area contributed by atoms with Gasteiger partial charge in [0.05, 0.1) is 0 Å². The molecule has 14 heavy (non-hydrogen) atoms. The Labute approximate surface area is 83.6 Å². The molecular weight excluding hydrogens is 182 g/mol. The SMILES string of the molecule is O=C1CCCCCCCNNC(=O)N1. The minimum atomic E-state index is -0.462. The Morgan fingerprint density at radius 2 is 1.64 bits per heavy atom. The van der Waals surface area contributed by atoms with Crippen molar-refractivity contribution in [1.29, 1.82) is 0 Å². The summed E-state index contributed by atoms with van der Waals surface area (Å²) in [7, 11) is 0. The van der Waals surface area contributed by atoms with Gasteiger partial charge < -0.3 is 0 Å². The number of rotatable bonds is 0. The molecular formula is C9H17N3O2. The van der Waals surface area contributed by atoms with E-state index in [1.807, 2.05) is 0 Å². The zero-order valence-electron chi connectivity index (χ0n) is 8.27. The fourth-order valence-electron chi connectivity index (χ4n) is 1.39. The molecule has 0 radical (unpaired) electrons. The molecule has 1 heterocycles. The summed E-state index contributed by atoms with van der Waals surface area (Å²) in [5, 5.41) is 2.25. The lowest BCUT2D eigenvalue weighted by molar-refractivity contribution is -0.120. The van der Waals surface area contributed by atoms with Crippen molar-refractivity contribution in [2.24, 2.45) is 0 Å². The average molecular weight is 199 g/mol. The van der Waals surface area contributed by atoms with Crippen LogP contribution in [0.4, 0.5) is 4.79 Å². The van der Waals surface area contributed by atoms with Gasteiger partial charge in [0.2, 0.25) is 5.91 Å². The van der Waals surface area contributed by atoms with Gasteiger partial charge in [0.25, 0.3) is 0 Å². The second-order valence-corrected chi connectivity index (χ2v) is 3.45. The van der Waals surface area contributed by atoms with Gasteiger partial charge in [-0.3, -0.25) is 15.5 Å². The quantitative estimate of drug-likeness (QED) is 0.537. The van der Waals surface area contributed by atoms with Crippen molar-refractivity contribution in [3.8, 4) is 0 Å². The largest absolute Gasteiger partial charge is 0.335 e. The average Bonchev–Trinajstić information content (AvgIpc) is 2.13. The Bertz CT molecular complexity index is 186. The normalized spacial score (nSPS) is 21.4. The van der Waals surface area contributed by atoms with Crippen LogP contribution < -0.4 is 16.2 Å². The second kappa shape index (κ2) is 6.37. The van der Waals surface area contributed by atoms with E-state index in [1.165, 1.54) is 0 Å². The topological polar surface area (TPSA) is 70.2 Å².